The monoisotopic (exact) mass is 342 g/mol. The molecule has 25 heavy (non-hydrogen) atoms. The molecule has 0 amide bonds. The molecule has 0 bridgehead atoms. The van der Waals surface area contributed by atoms with Crippen LogP contribution in [0.4, 0.5) is 5.82 Å². The lowest BCUT2D eigenvalue weighted by Crippen LogP contribution is -2.24. The van der Waals surface area contributed by atoms with Crippen LogP contribution in [-0.4, -0.2) is 36.9 Å². The number of carboxylic acids is 2. The maximum Gasteiger partial charge on any atom is 0.342 e. The molecule has 0 atom stereocenters. The predicted octanol–water partition coefficient (Wildman–Crippen LogP) is 1.22. The zero-order chi connectivity index (χ0) is 18.5. The maximum atomic E-state index is 12.0. The molecule has 3 rings (SSSR count). The van der Waals surface area contributed by atoms with Crippen LogP contribution in [0.5, 0.6) is 0 Å². The number of aromatic amines is 1. The van der Waals surface area contributed by atoms with Crippen molar-refractivity contribution in [2.45, 2.75) is 6.92 Å². The van der Waals surface area contributed by atoms with Crippen molar-refractivity contribution < 1.29 is 19.8 Å². The lowest BCUT2D eigenvalue weighted by Gasteiger charge is -2.12. The first-order valence-corrected chi connectivity index (χ1v) is 7.18. The highest BCUT2D eigenvalue weighted by Crippen LogP contribution is 2.31. The number of nitrogens with two attached hydrogens (primary N) is 1. The van der Waals surface area contributed by atoms with Gasteiger partial charge in [-0.2, -0.15) is 5.10 Å². The smallest absolute Gasteiger partial charge is 0.342 e. The largest absolute Gasteiger partial charge is 0.478 e. The Kier molecular flexibility index (Phi) is 3.56. The summed E-state index contributed by atoms with van der Waals surface area (Å²) in [6, 6.07) is 4.78. The van der Waals surface area contributed by atoms with E-state index in [1.165, 1.54) is 6.07 Å². The van der Waals surface area contributed by atoms with Gasteiger partial charge in [0.15, 0.2) is 0 Å². The van der Waals surface area contributed by atoms with Gasteiger partial charge in [-0.3, -0.25) is 9.48 Å². The molecule has 0 fully saturated rings. The van der Waals surface area contributed by atoms with Crippen molar-refractivity contribution in [1.29, 1.82) is 0 Å². The number of aromatic nitrogens is 3. The molecule has 5 N–H and O–H groups in total. The van der Waals surface area contributed by atoms with Crippen molar-refractivity contribution >= 4 is 28.7 Å². The number of anilines is 1. The minimum absolute atomic E-state index is 0.234. The van der Waals surface area contributed by atoms with Crippen LogP contribution in [0.1, 0.15) is 26.4 Å². The summed E-state index contributed by atoms with van der Waals surface area (Å²) in [5, 5.41) is 24.0. The van der Waals surface area contributed by atoms with Crippen LogP contribution < -0.4 is 11.3 Å². The zero-order valence-corrected chi connectivity index (χ0v) is 13.3. The second-order valence-electron chi connectivity index (χ2n) is 5.54. The van der Waals surface area contributed by atoms with Crippen LogP contribution in [-0.2, 0) is 7.05 Å². The maximum absolute atomic E-state index is 12.0. The molecule has 0 spiro atoms. The zero-order valence-electron chi connectivity index (χ0n) is 13.3. The number of pyridine rings is 1. The first kappa shape index (κ1) is 16.2. The SMILES string of the molecule is Cc1c2ccc(-c3c(C(=O)O)c(N)[nH]c(=O)c3C(=O)O)cc2nn1C. The third-order valence-electron chi connectivity index (χ3n) is 4.09. The normalized spacial score (nSPS) is 11.0. The fraction of sp³-hybridized carbons (Fsp3) is 0.125. The number of nitrogens with one attached hydrogen (secondary N) is 1. The van der Waals surface area contributed by atoms with Gasteiger partial charge in [0.2, 0.25) is 0 Å². The Hall–Kier alpha value is -3.62. The Morgan fingerprint density at radius 2 is 1.84 bits per heavy atom. The van der Waals surface area contributed by atoms with Crippen molar-refractivity contribution in [3.05, 3.63) is 45.4 Å². The number of aryl methyl sites for hydroxylation is 2. The Labute approximate surface area is 140 Å². The fourth-order valence-corrected chi connectivity index (χ4v) is 2.82. The van der Waals surface area contributed by atoms with Crippen molar-refractivity contribution in [2.75, 3.05) is 5.73 Å². The molecule has 0 unspecified atom stereocenters. The Morgan fingerprint density at radius 3 is 2.44 bits per heavy atom. The van der Waals surface area contributed by atoms with Crippen LogP contribution in [0.2, 0.25) is 0 Å². The van der Waals surface area contributed by atoms with Gasteiger partial charge in [-0.1, -0.05) is 12.1 Å². The summed E-state index contributed by atoms with van der Waals surface area (Å²) in [5.74, 6) is -3.39. The van der Waals surface area contributed by atoms with Crippen LogP contribution in [0.25, 0.3) is 22.0 Å². The molecule has 128 valence electrons. The van der Waals surface area contributed by atoms with Crippen molar-refractivity contribution in [3.63, 3.8) is 0 Å². The number of nitrogens with zero attached hydrogens (tertiary/aromatic N) is 2. The van der Waals surface area contributed by atoms with E-state index >= 15 is 0 Å². The standard InChI is InChI=1S/C16H14N4O5/c1-6-8-4-3-7(5-9(8)19-20(6)2)10-11(15(22)23)13(17)18-14(21)12(10)16(24)25/h3-5H,1-2H3,(H,22,23)(H,24,25)(H3,17,18,21). The van der Waals surface area contributed by atoms with Crippen LogP contribution in [0.15, 0.2) is 23.0 Å². The number of fused-ring (bicyclic) bond motifs is 1. The second-order valence-corrected chi connectivity index (χ2v) is 5.54. The highest BCUT2D eigenvalue weighted by molar-refractivity contribution is 6.08. The van der Waals surface area contributed by atoms with E-state index in [-0.39, 0.29) is 11.1 Å². The van der Waals surface area contributed by atoms with E-state index in [4.69, 9.17) is 5.73 Å². The van der Waals surface area contributed by atoms with Gasteiger partial charge in [-0.05, 0) is 18.6 Å². The number of nitrogen functional groups attached to an aromatic ring is 1. The quantitative estimate of drug-likeness (QED) is 0.558. The average Bonchev–Trinajstić information content (AvgIpc) is 2.79. The molecule has 9 heteroatoms. The number of rotatable bonds is 3. The molecular formula is C16H14N4O5. The van der Waals surface area contributed by atoms with E-state index < -0.39 is 34.4 Å². The number of aromatic carboxylic acids is 2. The molecular weight excluding hydrogens is 328 g/mol. The average molecular weight is 342 g/mol. The first-order valence-electron chi connectivity index (χ1n) is 7.18. The van der Waals surface area contributed by atoms with Gasteiger partial charge < -0.3 is 20.9 Å². The molecule has 2 heterocycles. The van der Waals surface area contributed by atoms with E-state index in [1.807, 2.05) is 6.92 Å². The summed E-state index contributed by atoms with van der Waals surface area (Å²) >= 11 is 0. The van der Waals surface area contributed by atoms with E-state index in [9.17, 15) is 24.6 Å². The summed E-state index contributed by atoms with van der Waals surface area (Å²) in [6.07, 6.45) is 0. The van der Waals surface area contributed by atoms with E-state index in [1.54, 1.807) is 23.9 Å². The highest BCUT2D eigenvalue weighted by atomic mass is 16.4. The second kappa shape index (κ2) is 5.48. The lowest BCUT2D eigenvalue weighted by atomic mass is 9.94. The minimum Gasteiger partial charge on any atom is -0.478 e. The summed E-state index contributed by atoms with van der Waals surface area (Å²) in [4.78, 5) is 37.3. The molecule has 3 aromatic rings. The van der Waals surface area contributed by atoms with Crippen molar-refractivity contribution in [2.24, 2.45) is 7.05 Å². The van der Waals surface area contributed by atoms with Gasteiger partial charge in [0.1, 0.15) is 16.9 Å². The summed E-state index contributed by atoms with van der Waals surface area (Å²) in [7, 11) is 1.76. The van der Waals surface area contributed by atoms with E-state index in [0.717, 1.165) is 11.1 Å². The Morgan fingerprint density at radius 1 is 1.20 bits per heavy atom. The summed E-state index contributed by atoms with van der Waals surface area (Å²) in [5.41, 5.74) is 4.93. The fourth-order valence-electron chi connectivity index (χ4n) is 2.82. The summed E-state index contributed by atoms with van der Waals surface area (Å²) < 4.78 is 1.65. The number of hydrogen-bond donors (Lipinski definition) is 4. The molecule has 2 aromatic heterocycles. The molecule has 0 radical (unpaired) electrons. The van der Waals surface area contributed by atoms with Gasteiger partial charge in [0, 0.05) is 23.7 Å². The molecule has 0 saturated carbocycles. The molecule has 0 aliphatic rings. The number of carboxylic acid groups (broad SMARTS) is 2. The highest BCUT2D eigenvalue weighted by Gasteiger charge is 2.26. The van der Waals surface area contributed by atoms with E-state index in [0.29, 0.717) is 5.52 Å². The van der Waals surface area contributed by atoms with Crippen molar-refractivity contribution in [1.82, 2.24) is 14.8 Å². The van der Waals surface area contributed by atoms with Crippen LogP contribution in [0, 0.1) is 6.92 Å². The number of benzene rings is 1. The number of carbonyl (C=O) groups is 2. The molecule has 1 aromatic carbocycles. The van der Waals surface area contributed by atoms with Gasteiger partial charge in [0.25, 0.3) is 5.56 Å². The molecule has 0 aliphatic carbocycles. The first-order chi connectivity index (χ1) is 11.7. The third-order valence-corrected chi connectivity index (χ3v) is 4.09. The van der Waals surface area contributed by atoms with Gasteiger partial charge in [-0.25, -0.2) is 9.59 Å². The van der Waals surface area contributed by atoms with Crippen molar-refractivity contribution in [3.8, 4) is 11.1 Å². The molecule has 0 saturated heterocycles. The van der Waals surface area contributed by atoms with Crippen LogP contribution >= 0.6 is 0 Å². The number of hydrogen-bond acceptors (Lipinski definition) is 5. The third kappa shape index (κ3) is 2.42. The lowest BCUT2D eigenvalue weighted by molar-refractivity contribution is 0.0695. The van der Waals surface area contributed by atoms with Gasteiger partial charge in [-0.15, -0.1) is 0 Å². The Balaban J connectivity index is 2.45. The molecule has 0 aliphatic heterocycles. The van der Waals surface area contributed by atoms with Crippen LogP contribution in [0.3, 0.4) is 0 Å². The minimum atomic E-state index is -1.55. The number of H-pyrrole nitrogens is 1. The van der Waals surface area contributed by atoms with Gasteiger partial charge >= 0.3 is 11.9 Å². The van der Waals surface area contributed by atoms with Gasteiger partial charge in [0.05, 0.1) is 5.52 Å². The topological polar surface area (TPSA) is 151 Å². The molecule has 9 nitrogen and oxygen atoms in total. The summed E-state index contributed by atoms with van der Waals surface area (Å²) in [6.45, 7) is 1.87. The van der Waals surface area contributed by atoms with E-state index in [2.05, 4.69) is 10.1 Å². The predicted molar refractivity (Wildman–Crippen MR) is 89.8 cm³/mol. The Bertz CT molecular complexity index is 1110.